The molecule has 29 heavy (non-hydrogen) atoms. The molecular weight excluding hydrogens is 371 g/mol. The van der Waals surface area contributed by atoms with Gasteiger partial charge in [-0.15, -0.1) is 0 Å². The van der Waals surface area contributed by atoms with E-state index in [9.17, 15) is 9.18 Å². The maximum Gasteiger partial charge on any atom is 0.258 e. The van der Waals surface area contributed by atoms with Gasteiger partial charge in [0, 0.05) is 24.2 Å². The van der Waals surface area contributed by atoms with Crippen molar-refractivity contribution in [2.75, 3.05) is 0 Å². The second-order valence-electron chi connectivity index (χ2n) is 6.58. The molecule has 0 spiro atoms. The van der Waals surface area contributed by atoms with Crippen molar-refractivity contribution in [1.82, 2.24) is 14.0 Å². The topological polar surface area (TPSA) is 72.3 Å². The van der Waals surface area contributed by atoms with Gasteiger partial charge in [-0.05, 0) is 42.8 Å². The molecule has 0 amide bonds. The summed E-state index contributed by atoms with van der Waals surface area (Å²) in [6, 6.07) is 14.9. The first-order valence-corrected chi connectivity index (χ1v) is 9.00. The Labute approximate surface area is 166 Å². The molecule has 0 fully saturated rings. The first-order valence-electron chi connectivity index (χ1n) is 9.00. The smallest absolute Gasteiger partial charge is 0.258 e. The normalized spacial score (nSPS) is 10.8. The van der Waals surface area contributed by atoms with E-state index in [1.54, 1.807) is 30.5 Å². The number of imidazole rings is 1. The van der Waals surface area contributed by atoms with E-state index in [-0.39, 0.29) is 24.4 Å². The lowest BCUT2D eigenvalue weighted by Crippen LogP contribution is -2.17. The van der Waals surface area contributed by atoms with Crippen molar-refractivity contribution >= 4 is 5.65 Å². The van der Waals surface area contributed by atoms with Gasteiger partial charge in [0.25, 0.3) is 5.56 Å². The van der Waals surface area contributed by atoms with Gasteiger partial charge >= 0.3 is 0 Å². The second kappa shape index (κ2) is 7.60. The molecule has 3 aromatic heterocycles. The fourth-order valence-corrected chi connectivity index (χ4v) is 3.10. The van der Waals surface area contributed by atoms with Crippen molar-refractivity contribution in [2.24, 2.45) is 0 Å². The van der Waals surface area contributed by atoms with Gasteiger partial charge in [0.05, 0.1) is 23.9 Å². The molecule has 0 bridgehead atoms. The van der Waals surface area contributed by atoms with E-state index >= 15 is 0 Å². The molecule has 0 unspecified atom stereocenters. The number of fused-ring (bicyclic) bond motifs is 1. The highest BCUT2D eigenvalue weighted by molar-refractivity contribution is 5.48. The fourth-order valence-electron chi connectivity index (χ4n) is 3.10. The van der Waals surface area contributed by atoms with Gasteiger partial charge in [0.15, 0.2) is 0 Å². The lowest BCUT2D eigenvalue weighted by atomic mass is 10.2. The number of pyridine rings is 2. The lowest BCUT2D eigenvalue weighted by molar-refractivity contribution is 0.305. The third-order valence-corrected chi connectivity index (χ3v) is 4.67. The van der Waals surface area contributed by atoms with Crippen LogP contribution < -0.4 is 10.3 Å². The zero-order valence-corrected chi connectivity index (χ0v) is 15.7. The quantitative estimate of drug-likeness (QED) is 0.524. The van der Waals surface area contributed by atoms with E-state index in [0.717, 1.165) is 22.6 Å². The first kappa shape index (κ1) is 18.4. The molecule has 0 aliphatic heterocycles. The molecule has 0 saturated heterocycles. The SMILES string of the molecule is Cc1c(CC#N)nc2ccc(-n3ccc(OCc4ccc(F)cc4)cc3=O)cn12. The van der Waals surface area contributed by atoms with E-state index < -0.39 is 0 Å². The average molecular weight is 388 g/mol. The molecule has 3 heterocycles. The predicted octanol–water partition coefficient (Wildman–Crippen LogP) is 3.58. The highest BCUT2D eigenvalue weighted by atomic mass is 19.1. The van der Waals surface area contributed by atoms with Gasteiger partial charge in [-0.3, -0.25) is 9.36 Å². The number of nitrogens with zero attached hydrogens (tertiary/aromatic N) is 4. The van der Waals surface area contributed by atoms with Crippen LogP contribution >= 0.6 is 0 Å². The van der Waals surface area contributed by atoms with Crippen LogP contribution in [-0.4, -0.2) is 14.0 Å². The van der Waals surface area contributed by atoms with Gasteiger partial charge in [0.2, 0.25) is 0 Å². The summed E-state index contributed by atoms with van der Waals surface area (Å²) in [7, 11) is 0. The molecule has 4 rings (SSSR count). The van der Waals surface area contributed by atoms with Gasteiger partial charge in [-0.1, -0.05) is 12.1 Å². The highest BCUT2D eigenvalue weighted by Gasteiger charge is 2.10. The van der Waals surface area contributed by atoms with Gasteiger partial charge in [-0.2, -0.15) is 5.26 Å². The van der Waals surface area contributed by atoms with Crippen LogP contribution in [-0.2, 0) is 13.0 Å². The van der Waals surface area contributed by atoms with Crippen molar-refractivity contribution in [3.8, 4) is 17.5 Å². The third kappa shape index (κ3) is 3.73. The summed E-state index contributed by atoms with van der Waals surface area (Å²) in [6.07, 6.45) is 3.70. The van der Waals surface area contributed by atoms with E-state index in [2.05, 4.69) is 11.1 Å². The number of benzene rings is 1. The molecule has 0 saturated carbocycles. The first-order chi connectivity index (χ1) is 14.0. The van der Waals surface area contributed by atoms with Crippen molar-refractivity contribution in [3.05, 3.63) is 94.0 Å². The van der Waals surface area contributed by atoms with E-state index in [0.29, 0.717) is 11.4 Å². The highest BCUT2D eigenvalue weighted by Crippen LogP contribution is 2.17. The summed E-state index contributed by atoms with van der Waals surface area (Å²) < 4.78 is 22.0. The molecule has 4 aromatic rings. The van der Waals surface area contributed by atoms with E-state index in [4.69, 9.17) is 10.00 Å². The van der Waals surface area contributed by atoms with Crippen molar-refractivity contribution < 1.29 is 9.13 Å². The Bertz CT molecular complexity index is 1280. The van der Waals surface area contributed by atoms with Crippen LogP contribution in [0.4, 0.5) is 4.39 Å². The Hall–Kier alpha value is -3.92. The summed E-state index contributed by atoms with van der Waals surface area (Å²) in [4.78, 5) is 17.0. The molecule has 0 atom stereocenters. The average Bonchev–Trinajstić information content (AvgIpc) is 3.03. The van der Waals surface area contributed by atoms with Crippen LogP contribution in [0.1, 0.15) is 17.0 Å². The standard InChI is InChI=1S/C22H17FN4O2/c1-15-20(8-10-24)25-21-7-6-18(13-27(15)21)26-11-9-19(12-22(26)28)29-14-16-2-4-17(23)5-3-16/h2-7,9,11-13H,8,14H2,1H3. The zero-order chi connectivity index (χ0) is 20.4. The Morgan fingerprint density at radius 3 is 2.69 bits per heavy atom. The Kier molecular flexibility index (Phi) is 4.83. The Morgan fingerprint density at radius 1 is 1.17 bits per heavy atom. The van der Waals surface area contributed by atoms with Crippen LogP contribution in [0, 0.1) is 24.1 Å². The molecule has 144 valence electrons. The minimum atomic E-state index is -0.304. The monoisotopic (exact) mass is 388 g/mol. The second-order valence-corrected chi connectivity index (χ2v) is 6.58. The number of aryl methyl sites for hydroxylation is 1. The molecular formula is C22H17FN4O2. The number of rotatable bonds is 5. The zero-order valence-electron chi connectivity index (χ0n) is 15.7. The van der Waals surface area contributed by atoms with Crippen LogP contribution in [0.2, 0.25) is 0 Å². The summed E-state index contributed by atoms with van der Waals surface area (Å²) >= 11 is 0. The number of halogens is 1. The molecule has 7 heteroatoms. The van der Waals surface area contributed by atoms with Gasteiger partial charge in [-0.25, -0.2) is 9.37 Å². The maximum absolute atomic E-state index is 13.0. The fraction of sp³-hybridized carbons (Fsp3) is 0.136. The molecule has 1 aromatic carbocycles. The maximum atomic E-state index is 13.0. The van der Waals surface area contributed by atoms with E-state index in [1.807, 2.05) is 23.6 Å². The molecule has 0 radical (unpaired) electrons. The largest absolute Gasteiger partial charge is 0.489 e. The van der Waals surface area contributed by atoms with E-state index in [1.165, 1.54) is 22.8 Å². The summed E-state index contributed by atoms with van der Waals surface area (Å²) in [6.45, 7) is 2.14. The number of aromatic nitrogens is 3. The number of hydrogen-bond donors (Lipinski definition) is 0. The van der Waals surface area contributed by atoms with Crippen molar-refractivity contribution in [3.63, 3.8) is 0 Å². The van der Waals surface area contributed by atoms with Crippen LogP contribution in [0.3, 0.4) is 0 Å². The number of hydrogen-bond acceptors (Lipinski definition) is 4. The van der Waals surface area contributed by atoms with Crippen molar-refractivity contribution in [1.29, 1.82) is 5.26 Å². The van der Waals surface area contributed by atoms with Gasteiger partial charge < -0.3 is 9.14 Å². The van der Waals surface area contributed by atoms with Crippen LogP contribution in [0.5, 0.6) is 5.75 Å². The van der Waals surface area contributed by atoms with Crippen LogP contribution in [0.15, 0.2) is 65.7 Å². The Morgan fingerprint density at radius 2 is 1.97 bits per heavy atom. The molecule has 6 nitrogen and oxygen atoms in total. The van der Waals surface area contributed by atoms with Crippen LogP contribution in [0.25, 0.3) is 11.3 Å². The lowest BCUT2D eigenvalue weighted by Gasteiger charge is -2.10. The molecule has 0 aliphatic carbocycles. The summed E-state index contributed by atoms with van der Waals surface area (Å²) in [5.41, 5.74) is 3.57. The predicted molar refractivity (Wildman–Crippen MR) is 106 cm³/mol. The molecule has 0 aliphatic rings. The summed E-state index contributed by atoms with van der Waals surface area (Å²) in [5, 5.41) is 8.92. The number of nitriles is 1. The minimum Gasteiger partial charge on any atom is -0.489 e. The Balaban J connectivity index is 1.59. The third-order valence-electron chi connectivity index (χ3n) is 4.67. The van der Waals surface area contributed by atoms with Gasteiger partial charge in [0.1, 0.15) is 23.8 Å². The molecule has 0 N–H and O–H groups in total. The summed E-state index contributed by atoms with van der Waals surface area (Å²) in [5.74, 6) is 0.132. The van der Waals surface area contributed by atoms with Crippen molar-refractivity contribution in [2.45, 2.75) is 20.0 Å². The minimum absolute atomic E-state index is 0.239. The number of ether oxygens (including phenoxy) is 1.